The predicted octanol–water partition coefficient (Wildman–Crippen LogP) is 5.57. The molecule has 0 saturated carbocycles. The van der Waals surface area contributed by atoms with Crippen LogP contribution in [-0.4, -0.2) is 26.4 Å². The van der Waals surface area contributed by atoms with Gasteiger partial charge in [0.2, 0.25) is 0 Å². The first kappa shape index (κ1) is 21.4. The average molecular weight is 407 g/mol. The van der Waals surface area contributed by atoms with Crippen LogP contribution in [0.2, 0.25) is 0 Å². The fraction of sp³-hybridized carbons (Fsp3) is 0.280. The zero-order valence-corrected chi connectivity index (χ0v) is 18.3. The fourth-order valence-corrected chi connectivity index (χ4v) is 6.92. The van der Waals surface area contributed by atoms with E-state index in [9.17, 15) is 0 Å². The Balaban J connectivity index is 2.09. The molecule has 0 radical (unpaired) electrons. The zero-order chi connectivity index (χ0) is 20.4. The highest BCUT2D eigenvalue weighted by molar-refractivity contribution is 7.81. The molecular formula is C25H31N2OP. The number of unbranched alkanes of at least 4 members (excludes halogenated alkanes) is 1. The molecule has 152 valence electrons. The molecule has 3 rings (SSSR count). The van der Waals surface area contributed by atoms with E-state index >= 15 is 0 Å². The molecular weight excluding hydrogens is 375 g/mol. The molecule has 0 aliphatic heterocycles. The maximum absolute atomic E-state index is 5.44. The lowest BCUT2D eigenvalue weighted by Crippen LogP contribution is -2.26. The predicted molar refractivity (Wildman–Crippen MR) is 127 cm³/mol. The van der Waals surface area contributed by atoms with Crippen molar-refractivity contribution in [3.63, 3.8) is 0 Å². The number of nitrogens with zero attached hydrogens (tertiary/aromatic N) is 1. The maximum atomic E-state index is 5.44. The van der Waals surface area contributed by atoms with E-state index in [1.807, 2.05) is 12.1 Å². The number of benzene rings is 3. The summed E-state index contributed by atoms with van der Waals surface area (Å²) in [6.07, 6.45) is 3.41. The van der Waals surface area contributed by atoms with E-state index < -0.39 is 7.05 Å². The number of hydrogen-bond acceptors (Lipinski definition) is 3. The van der Waals surface area contributed by atoms with Gasteiger partial charge in [-0.25, -0.2) is 0 Å². The van der Waals surface area contributed by atoms with Crippen LogP contribution in [0.4, 0.5) is 5.69 Å². The number of nitrogens with one attached hydrogen (secondary N) is 1. The Labute approximate surface area is 175 Å². The molecule has 0 fully saturated rings. The fourth-order valence-electron chi connectivity index (χ4n) is 3.44. The lowest BCUT2D eigenvalue weighted by Gasteiger charge is -2.26. The Bertz CT molecular complexity index is 865. The molecule has 1 N–H and O–H groups in total. The van der Waals surface area contributed by atoms with Crippen molar-refractivity contribution in [2.75, 3.05) is 26.4 Å². The third-order valence-corrected chi connectivity index (χ3v) is 8.79. The highest BCUT2D eigenvalue weighted by Gasteiger charge is 2.24. The van der Waals surface area contributed by atoms with E-state index in [1.54, 1.807) is 7.11 Å². The molecule has 0 aromatic heterocycles. The number of ether oxygens (including phenoxy) is 1. The third-order valence-electron chi connectivity index (χ3n) is 5.04. The molecule has 4 heteroatoms. The van der Waals surface area contributed by atoms with E-state index in [0.29, 0.717) is 0 Å². The van der Waals surface area contributed by atoms with Gasteiger partial charge in [-0.2, -0.15) is 0 Å². The summed E-state index contributed by atoms with van der Waals surface area (Å²) in [5.74, 6) is 0.855. The molecule has 0 saturated heterocycles. The summed E-state index contributed by atoms with van der Waals surface area (Å²) in [5, 5.41) is 6.27. The summed E-state index contributed by atoms with van der Waals surface area (Å²) in [7, 11) is -0.280. The molecule has 29 heavy (non-hydrogen) atoms. The van der Waals surface area contributed by atoms with Gasteiger partial charge in [0, 0.05) is 19.8 Å². The number of hydrogen-bond donors (Lipinski definition) is 1. The quantitative estimate of drug-likeness (QED) is 0.353. The van der Waals surface area contributed by atoms with Crippen LogP contribution in [0.3, 0.4) is 0 Å². The molecule has 0 amide bonds. The minimum absolute atomic E-state index is 0.855. The topological polar surface area (TPSA) is 33.6 Å². The van der Waals surface area contributed by atoms with Gasteiger partial charge in [-0.1, -0.05) is 74.0 Å². The van der Waals surface area contributed by atoms with Gasteiger partial charge in [0.1, 0.15) is 5.75 Å². The van der Waals surface area contributed by atoms with E-state index in [4.69, 9.17) is 9.48 Å². The molecule has 3 nitrogen and oxygen atoms in total. The van der Waals surface area contributed by atoms with Crippen LogP contribution in [0.25, 0.3) is 0 Å². The van der Waals surface area contributed by atoms with Crippen LogP contribution in [0.5, 0.6) is 5.75 Å². The summed E-state index contributed by atoms with van der Waals surface area (Å²) in [5.41, 5.74) is 1.00. The Morgan fingerprint density at radius 3 is 1.90 bits per heavy atom. The van der Waals surface area contributed by atoms with Crippen molar-refractivity contribution in [1.29, 1.82) is 0 Å². The molecule has 3 aromatic carbocycles. The van der Waals surface area contributed by atoms with Gasteiger partial charge >= 0.3 is 0 Å². The highest BCUT2D eigenvalue weighted by atomic mass is 31.2. The first-order valence-electron chi connectivity index (χ1n) is 10.4. The first-order chi connectivity index (χ1) is 14.3. The summed E-state index contributed by atoms with van der Waals surface area (Å²) in [6, 6.07) is 29.7. The van der Waals surface area contributed by atoms with E-state index in [-0.39, 0.29) is 0 Å². The van der Waals surface area contributed by atoms with Gasteiger partial charge in [0.25, 0.3) is 0 Å². The van der Waals surface area contributed by atoms with Gasteiger partial charge in [-0.05, 0) is 47.8 Å². The zero-order valence-electron chi connectivity index (χ0n) is 17.4. The average Bonchev–Trinajstić information content (AvgIpc) is 2.80. The van der Waals surface area contributed by atoms with E-state index in [2.05, 4.69) is 85.0 Å². The molecule has 3 aromatic rings. The molecule has 0 atom stereocenters. The highest BCUT2D eigenvalue weighted by Crippen LogP contribution is 2.49. The minimum atomic E-state index is -1.97. The van der Waals surface area contributed by atoms with Gasteiger partial charge < -0.3 is 10.1 Å². The summed E-state index contributed by atoms with van der Waals surface area (Å²) < 4.78 is 10.8. The smallest absolute Gasteiger partial charge is 0.119 e. The van der Waals surface area contributed by atoms with Gasteiger partial charge in [0.15, 0.2) is 0 Å². The molecule has 0 unspecified atom stereocenters. The van der Waals surface area contributed by atoms with Crippen molar-refractivity contribution >= 4 is 23.4 Å². The second-order valence-electron chi connectivity index (χ2n) is 7.07. The first-order valence-corrected chi connectivity index (χ1v) is 12.3. The largest absolute Gasteiger partial charge is 0.497 e. The van der Waals surface area contributed by atoms with Crippen LogP contribution in [0, 0.1) is 0 Å². The van der Waals surface area contributed by atoms with Crippen molar-refractivity contribution in [2.24, 2.45) is 4.74 Å². The second kappa shape index (κ2) is 11.0. The van der Waals surface area contributed by atoms with Gasteiger partial charge in [0.05, 0.1) is 12.8 Å². The normalized spacial score (nSPS) is 11.2. The van der Waals surface area contributed by atoms with Gasteiger partial charge in [-0.3, -0.25) is 4.74 Å². The number of methoxy groups -OCH3 is 1. The van der Waals surface area contributed by atoms with Crippen LogP contribution in [0.1, 0.15) is 19.8 Å². The van der Waals surface area contributed by atoms with Crippen molar-refractivity contribution in [3.8, 4) is 5.75 Å². The SMILES string of the molecule is CCCCNCCP(=Nc1ccc(OC)cc1)(c1ccccc1)c1ccccc1. The molecule has 0 aliphatic carbocycles. The van der Waals surface area contributed by atoms with Crippen LogP contribution >= 0.6 is 7.05 Å². The van der Waals surface area contributed by atoms with Crippen molar-refractivity contribution in [3.05, 3.63) is 84.9 Å². The Morgan fingerprint density at radius 1 is 0.793 bits per heavy atom. The second-order valence-corrected chi connectivity index (χ2v) is 10.3. The summed E-state index contributed by atoms with van der Waals surface area (Å²) in [6.45, 7) is 4.24. The summed E-state index contributed by atoms with van der Waals surface area (Å²) >= 11 is 0. The lowest BCUT2D eigenvalue weighted by atomic mass is 10.3. The lowest BCUT2D eigenvalue weighted by molar-refractivity contribution is 0.415. The third kappa shape index (κ3) is 5.59. The monoisotopic (exact) mass is 406 g/mol. The number of rotatable bonds is 10. The molecule has 0 aliphatic rings. The van der Waals surface area contributed by atoms with Gasteiger partial charge in [-0.15, -0.1) is 0 Å². The minimum Gasteiger partial charge on any atom is -0.497 e. The Hall–Kier alpha value is -2.35. The molecule has 0 heterocycles. The Kier molecular flexibility index (Phi) is 8.10. The standard InChI is InChI=1S/C25H31N2OP/c1-3-4-19-26-20-21-29(24-11-7-5-8-12-24,25-13-9-6-10-14-25)27-22-15-17-23(28-2)18-16-22/h5-18,26H,3-4,19-21H2,1-2H3. The van der Waals surface area contributed by atoms with Crippen molar-refractivity contribution in [1.82, 2.24) is 5.32 Å². The van der Waals surface area contributed by atoms with Crippen LogP contribution < -0.4 is 20.7 Å². The molecule has 0 spiro atoms. The Morgan fingerprint density at radius 2 is 1.38 bits per heavy atom. The van der Waals surface area contributed by atoms with Crippen LogP contribution in [0.15, 0.2) is 89.7 Å². The summed E-state index contributed by atoms with van der Waals surface area (Å²) in [4.78, 5) is 0. The van der Waals surface area contributed by atoms with Crippen molar-refractivity contribution in [2.45, 2.75) is 19.8 Å². The maximum Gasteiger partial charge on any atom is 0.119 e. The molecule has 0 bridgehead atoms. The van der Waals surface area contributed by atoms with Crippen molar-refractivity contribution < 1.29 is 4.74 Å². The van der Waals surface area contributed by atoms with Crippen LogP contribution in [-0.2, 0) is 0 Å². The van der Waals surface area contributed by atoms with E-state index in [1.165, 1.54) is 23.5 Å². The van der Waals surface area contributed by atoms with E-state index in [0.717, 1.165) is 30.7 Å².